The number of anilines is 1. The van der Waals surface area contributed by atoms with Crippen molar-refractivity contribution in [2.45, 2.75) is 19.4 Å². The lowest BCUT2D eigenvalue weighted by Crippen LogP contribution is -2.40. The minimum atomic E-state index is -0.0800. The van der Waals surface area contributed by atoms with Gasteiger partial charge in [-0.05, 0) is 36.8 Å². The van der Waals surface area contributed by atoms with Crippen molar-refractivity contribution >= 4 is 11.6 Å². The third-order valence-electron chi connectivity index (χ3n) is 3.80. The number of amides is 1. The maximum Gasteiger partial charge on any atom is 0.227 e. The normalized spacial score (nSPS) is 17.3. The summed E-state index contributed by atoms with van der Waals surface area (Å²) in [5.74, 6) is 1.29. The van der Waals surface area contributed by atoms with Crippen molar-refractivity contribution in [2.75, 3.05) is 25.0 Å². The molecule has 24 heavy (non-hydrogen) atoms. The second-order valence-corrected chi connectivity index (χ2v) is 5.86. The lowest BCUT2D eigenvalue weighted by Gasteiger charge is -2.23. The van der Waals surface area contributed by atoms with Crippen LogP contribution in [0.25, 0.3) is 0 Å². The highest BCUT2D eigenvalue weighted by molar-refractivity contribution is 5.92. The summed E-state index contributed by atoms with van der Waals surface area (Å²) >= 11 is 0. The van der Waals surface area contributed by atoms with E-state index in [4.69, 9.17) is 9.47 Å². The molecule has 0 aromatic heterocycles. The number of carbonyl (C=O) groups is 1. The number of benzene rings is 2. The second kappa shape index (κ2) is 7.95. The lowest BCUT2D eigenvalue weighted by atomic mass is 10.2. The Labute approximate surface area is 142 Å². The van der Waals surface area contributed by atoms with Crippen molar-refractivity contribution in [1.29, 1.82) is 0 Å². The van der Waals surface area contributed by atoms with Gasteiger partial charge in [0.05, 0.1) is 24.8 Å². The van der Waals surface area contributed by atoms with Gasteiger partial charge in [0.1, 0.15) is 5.75 Å². The van der Waals surface area contributed by atoms with Crippen LogP contribution in [0.15, 0.2) is 48.5 Å². The van der Waals surface area contributed by atoms with Gasteiger partial charge in [-0.25, -0.2) is 0 Å². The molecule has 1 aliphatic rings. The number of hydrogen-bond acceptors (Lipinski definition) is 4. The fraction of sp³-hybridized carbons (Fsp3) is 0.316. The van der Waals surface area contributed by atoms with E-state index in [9.17, 15) is 4.79 Å². The number of carbonyl (C=O) groups excluding carboxylic acids is 1. The summed E-state index contributed by atoms with van der Waals surface area (Å²) in [4.78, 5) is 12.3. The average Bonchev–Trinajstić information content (AvgIpc) is 2.57. The number of para-hydroxylation sites is 2. The number of ether oxygens (including phenoxy) is 2. The van der Waals surface area contributed by atoms with Crippen LogP contribution in [0.5, 0.6) is 11.5 Å². The first-order valence-corrected chi connectivity index (χ1v) is 8.16. The van der Waals surface area contributed by atoms with Gasteiger partial charge in [-0.3, -0.25) is 4.79 Å². The van der Waals surface area contributed by atoms with E-state index in [1.165, 1.54) is 0 Å². The zero-order valence-electron chi connectivity index (χ0n) is 13.7. The van der Waals surface area contributed by atoms with Gasteiger partial charge in [0.2, 0.25) is 5.91 Å². The Kier molecular flexibility index (Phi) is 5.46. The number of morpholine rings is 1. The molecule has 2 aromatic carbocycles. The Morgan fingerprint density at radius 1 is 1.29 bits per heavy atom. The van der Waals surface area contributed by atoms with Crippen LogP contribution in [-0.4, -0.2) is 31.7 Å². The van der Waals surface area contributed by atoms with Crippen LogP contribution in [0, 0.1) is 6.92 Å². The van der Waals surface area contributed by atoms with Crippen molar-refractivity contribution in [3.8, 4) is 11.5 Å². The summed E-state index contributed by atoms with van der Waals surface area (Å²) in [6, 6.07) is 15.2. The third-order valence-corrected chi connectivity index (χ3v) is 3.80. The maximum atomic E-state index is 12.3. The minimum Gasteiger partial charge on any atom is -0.455 e. The predicted molar refractivity (Wildman–Crippen MR) is 93.6 cm³/mol. The zero-order valence-corrected chi connectivity index (χ0v) is 13.7. The van der Waals surface area contributed by atoms with Gasteiger partial charge in [-0.15, -0.1) is 0 Å². The Morgan fingerprint density at radius 3 is 2.96 bits per heavy atom. The molecule has 0 unspecified atom stereocenters. The van der Waals surface area contributed by atoms with Gasteiger partial charge in [0.15, 0.2) is 5.75 Å². The van der Waals surface area contributed by atoms with Crippen LogP contribution in [-0.2, 0) is 9.53 Å². The molecule has 2 aromatic rings. The standard InChI is InChI=1S/C19H22N2O3/c1-14-5-4-6-15(11-14)24-18-8-3-2-7-17(18)21-19(22)12-16-13-20-9-10-23-16/h2-8,11,16,20H,9-10,12-13H2,1H3,(H,21,22)/t16-/m0/s1. The predicted octanol–water partition coefficient (Wildman–Crippen LogP) is 3.10. The third kappa shape index (κ3) is 4.57. The fourth-order valence-electron chi connectivity index (χ4n) is 2.62. The van der Waals surface area contributed by atoms with Crippen molar-refractivity contribution in [1.82, 2.24) is 5.32 Å². The molecule has 0 spiro atoms. The Hall–Kier alpha value is -2.37. The molecular weight excluding hydrogens is 304 g/mol. The quantitative estimate of drug-likeness (QED) is 0.886. The van der Waals surface area contributed by atoms with Crippen LogP contribution in [0.3, 0.4) is 0 Å². The van der Waals surface area contributed by atoms with Gasteiger partial charge >= 0.3 is 0 Å². The van der Waals surface area contributed by atoms with Crippen molar-refractivity contribution in [3.63, 3.8) is 0 Å². The molecule has 1 heterocycles. The summed E-state index contributed by atoms with van der Waals surface area (Å²) in [6.45, 7) is 4.20. The van der Waals surface area contributed by atoms with Crippen LogP contribution >= 0.6 is 0 Å². The van der Waals surface area contributed by atoms with E-state index in [0.717, 1.165) is 17.9 Å². The highest BCUT2D eigenvalue weighted by atomic mass is 16.5. The molecule has 1 aliphatic heterocycles. The van der Waals surface area contributed by atoms with E-state index in [-0.39, 0.29) is 12.0 Å². The molecule has 1 saturated heterocycles. The number of nitrogens with one attached hydrogen (secondary N) is 2. The Bertz CT molecular complexity index is 697. The zero-order chi connectivity index (χ0) is 16.8. The number of hydrogen-bond donors (Lipinski definition) is 2. The average molecular weight is 326 g/mol. The lowest BCUT2D eigenvalue weighted by molar-refractivity contribution is -0.119. The topological polar surface area (TPSA) is 59.6 Å². The Morgan fingerprint density at radius 2 is 2.17 bits per heavy atom. The van der Waals surface area contributed by atoms with E-state index < -0.39 is 0 Å². The number of rotatable bonds is 5. The molecule has 1 fully saturated rings. The van der Waals surface area contributed by atoms with Gasteiger partial charge in [0, 0.05) is 13.1 Å². The van der Waals surface area contributed by atoms with Crippen molar-refractivity contribution in [2.24, 2.45) is 0 Å². The molecule has 2 N–H and O–H groups in total. The summed E-state index contributed by atoms with van der Waals surface area (Å²) in [6.07, 6.45) is 0.245. The smallest absolute Gasteiger partial charge is 0.227 e. The summed E-state index contributed by atoms with van der Waals surface area (Å²) in [7, 11) is 0. The van der Waals surface area contributed by atoms with E-state index in [2.05, 4.69) is 10.6 Å². The highest BCUT2D eigenvalue weighted by Crippen LogP contribution is 2.29. The molecule has 1 atom stereocenters. The molecule has 0 bridgehead atoms. The van der Waals surface area contributed by atoms with Gasteiger partial charge in [0.25, 0.3) is 0 Å². The molecular formula is C19H22N2O3. The molecule has 5 nitrogen and oxygen atoms in total. The van der Waals surface area contributed by atoms with Crippen LogP contribution in [0.1, 0.15) is 12.0 Å². The molecule has 0 saturated carbocycles. The van der Waals surface area contributed by atoms with Crippen molar-refractivity contribution in [3.05, 3.63) is 54.1 Å². The molecule has 0 radical (unpaired) electrons. The largest absolute Gasteiger partial charge is 0.455 e. The summed E-state index contributed by atoms with van der Waals surface area (Å²) in [5.41, 5.74) is 1.78. The van der Waals surface area contributed by atoms with E-state index in [0.29, 0.717) is 31.0 Å². The molecule has 3 rings (SSSR count). The first-order chi connectivity index (χ1) is 11.7. The minimum absolute atomic E-state index is 0.0796. The van der Waals surface area contributed by atoms with Crippen LogP contribution < -0.4 is 15.4 Å². The first kappa shape index (κ1) is 16.5. The molecule has 1 amide bonds. The monoisotopic (exact) mass is 326 g/mol. The summed E-state index contributed by atoms with van der Waals surface area (Å²) in [5, 5.41) is 6.14. The first-order valence-electron chi connectivity index (χ1n) is 8.16. The molecule has 5 heteroatoms. The second-order valence-electron chi connectivity index (χ2n) is 5.86. The highest BCUT2D eigenvalue weighted by Gasteiger charge is 2.18. The number of aryl methyl sites for hydroxylation is 1. The molecule has 126 valence electrons. The van der Waals surface area contributed by atoms with Gasteiger partial charge in [-0.1, -0.05) is 24.3 Å². The van der Waals surface area contributed by atoms with Crippen LogP contribution in [0.4, 0.5) is 5.69 Å². The van der Waals surface area contributed by atoms with E-state index >= 15 is 0 Å². The summed E-state index contributed by atoms with van der Waals surface area (Å²) < 4.78 is 11.5. The van der Waals surface area contributed by atoms with E-state index in [1.807, 2.05) is 55.5 Å². The SMILES string of the molecule is Cc1cccc(Oc2ccccc2NC(=O)C[C@H]2CNCCO2)c1. The van der Waals surface area contributed by atoms with Crippen molar-refractivity contribution < 1.29 is 14.3 Å². The van der Waals surface area contributed by atoms with Crippen LogP contribution in [0.2, 0.25) is 0 Å². The van der Waals surface area contributed by atoms with E-state index in [1.54, 1.807) is 0 Å². The van der Waals surface area contributed by atoms with Gasteiger partial charge < -0.3 is 20.1 Å². The Balaban J connectivity index is 1.66. The molecule has 0 aliphatic carbocycles. The fourth-order valence-corrected chi connectivity index (χ4v) is 2.62. The van der Waals surface area contributed by atoms with Gasteiger partial charge in [-0.2, -0.15) is 0 Å². The maximum absolute atomic E-state index is 12.3.